The monoisotopic (exact) mass is 382 g/mol. The molecule has 0 saturated heterocycles. The second-order valence-corrected chi connectivity index (χ2v) is 6.25. The molecule has 0 saturated carbocycles. The van der Waals surface area contributed by atoms with Gasteiger partial charge in [0.1, 0.15) is 0 Å². The molecule has 2 nitrogen and oxygen atoms in total. The first kappa shape index (κ1) is 14.7. The summed E-state index contributed by atoms with van der Waals surface area (Å²) in [6, 6.07) is 12.5. The van der Waals surface area contributed by atoms with Gasteiger partial charge in [-0.2, -0.15) is 0 Å². The van der Waals surface area contributed by atoms with Crippen molar-refractivity contribution in [2.75, 3.05) is 7.05 Å². The fourth-order valence-electron chi connectivity index (χ4n) is 2.24. The first-order chi connectivity index (χ1) is 9.13. The van der Waals surface area contributed by atoms with Gasteiger partial charge in [0.05, 0.1) is 0 Å². The molecule has 0 aliphatic rings. The van der Waals surface area contributed by atoms with E-state index in [1.807, 2.05) is 25.4 Å². The van der Waals surface area contributed by atoms with Gasteiger partial charge in [-0.1, -0.05) is 50.9 Å². The Morgan fingerprint density at radius 2 is 1.95 bits per heavy atom. The normalized spacial score (nSPS) is 14.1. The maximum atomic E-state index is 4.46. The summed E-state index contributed by atoms with van der Waals surface area (Å²) in [5, 5.41) is 3.39. The fraction of sp³-hybridized carbons (Fsp3) is 0.267. The summed E-state index contributed by atoms with van der Waals surface area (Å²) in [6.07, 6.45) is 1.84. The largest absolute Gasteiger partial charge is 0.312 e. The molecule has 0 amide bonds. The first-order valence-electron chi connectivity index (χ1n) is 6.16. The Morgan fingerprint density at radius 3 is 2.53 bits per heavy atom. The number of nitrogens with one attached hydrogen (secondary N) is 1. The van der Waals surface area contributed by atoms with Gasteiger partial charge < -0.3 is 5.32 Å². The van der Waals surface area contributed by atoms with Crippen LogP contribution in [0.2, 0.25) is 0 Å². The van der Waals surface area contributed by atoms with Gasteiger partial charge >= 0.3 is 0 Å². The van der Waals surface area contributed by atoms with Crippen molar-refractivity contribution in [3.8, 4) is 0 Å². The average molecular weight is 384 g/mol. The minimum Gasteiger partial charge on any atom is -0.312 e. The number of halogens is 2. The zero-order valence-corrected chi connectivity index (χ0v) is 14.1. The maximum Gasteiger partial charge on any atom is 0.0450 e. The predicted molar refractivity (Wildman–Crippen MR) is 86.3 cm³/mol. The lowest BCUT2D eigenvalue weighted by molar-refractivity contribution is 0.497. The fourth-order valence-corrected chi connectivity index (χ4v) is 3.54. The number of pyridine rings is 1. The van der Waals surface area contributed by atoms with Crippen molar-refractivity contribution in [1.29, 1.82) is 0 Å². The molecule has 0 bridgehead atoms. The molecule has 4 heteroatoms. The van der Waals surface area contributed by atoms with Crippen molar-refractivity contribution in [2.45, 2.75) is 18.9 Å². The summed E-state index contributed by atoms with van der Waals surface area (Å²) in [5.41, 5.74) is 2.33. The van der Waals surface area contributed by atoms with Crippen molar-refractivity contribution in [2.24, 2.45) is 0 Å². The van der Waals surface area contributed by atoms with Crippen molar-refractivity contribution in [1.82, 2.24) is 10.3 Å². The average Bonchev–Trinajstić information content (AvgIpc) is 2.42. The van der Waals surface area contributed by atoms with E-state index in [1.54, 1.807) is 0 Å². The van der Waals surface area contributed by atoms with E-state index >= 15 is 0 Å². The van der Waals surface area contributed by atoms with Crippen molar-refractivity contribution < 1.29 is 0 Å². The molecule has 0 radical (unpaired) electrons. The Morgan fingerprint density at radius 1 is 1.16 bits per heavy atom. The molecule has 1 aromatic heterocycles. The Balaban J connectivity index is 2.34. The van der Waals surface area contributed by atoms with E-state index in [1.165, 1.54) is 5.56 Å². The number of nitrogens with zero attached hydrogens (tertiary/aromatic N) is 1. The molecular formula is C15H16Br2N2. The van der Waals surface area contributed by atoms with Gasteiger partial charge in [-0.25, -0.2) is 0 Å². The van der Waals surface area contributed by atoms with Crippen LogP contribution in [-0.2, 0) is 0 Å². The van der Waals surface area contributed by atoms with Crippen molar-refractivity contribution in [3.05, 3.63) is 62.8 Å². The van der Waals surface area contributed by atoms with E-state index in [4.69, 9.17) is 0 Å². The lowest BCUT2D eigenvalue weighted by Gasteiger charge is -2.24. The van der Waals surface area contributed by atoms with E-state index in [2.05, 4.69) is 73.3 Å². The summed E-state index contributed by atoms with van der Waals surface area (Å²) in [6.45, 7) is 2.19. The molecular weight excluding hydrogens is 368 g/mol. The molecule has 0 spiro atoms. The van der Waals surface area contributed by atoms with Crippen LogP contribution in [0.5, 0.6) is 0 Å². The van der Waals surface area contributed by atoms with Crippen LogP contribution in [0, 0.1) is 0 Å². The van der Waals surface area contributed by atoms with Crippen LogP contribution in [0.15, 0.2) is 51.5 Å². The van der Waals surface area contributed by atoms with Crippen LogP contribution in [-0.4, -0.2) is 12.0 Å². The maximum absolute atomic E-state index is 4.46. The number of hydrogen-bond acceptors (Lipinski definition) is 2. The molecule has 2 unspecified atom stereocenters. The second-order valence-electron chi connectivity index (χ2n) is 4.48. The van der Waals surface area contributed by atoms with E-state index in [-0.39, 0.29) is 6.04 Å². The Labute approximate surface area is 130 Å². The highest BCUT2D eigenvalue weighted by atomic mass is 79.9. The third kappa shape index (κ3) is 3.44. The van der Waals surface area contributed by atoms with E-state index in [9.17, 15) is 0 Å². The van der Waals surface area contributed by atoms with Crippen LogP contribution >= 0.6 is 31.9 Å². The lowest BCUT2D eigenvalue weighted by Crippen LogP contribution is -2.23. The Kier molecular flexibility index (Phi) is 5.13. The minimum atomic E-state index is 0.220. The molecule has 1 heterocycles. The van der Waals surface area contributed by atoms with E-state index in [0.717, 1.165) is 14.6 Å². The van der Waals surface area contributed by atoms with Gasteiger partial charge in [0.25, 0.3) is 0 Å². The summed E-state index contributed by atoms with van der Waals surface area (Å²) in [7, 11) is 1.98. The van der Waals surface area contributed by atoms with Gasteiger partial charge in [0, 0.05) is 32.8 Å². The molecule has 1 aromatic carbocycles. The number of hydrogen-bond donors (Lipinski definition) is 1. The second kappa shape index (κ2) is 6.64. The third-order valence-corrected chi connectivity index (χ3v) is 4.44. The highest BCUT2D eigenvalue weighted by Crippen LogP contribution is 2.34. The third-order valence-electron chi connectivity index (χ3n) is 3.26. The van der Waals surface area contributed by atoms with Gasteiger partial charge in [0.2, 0.25) is 0 Å². The van der Waals surface area contributed by atoms with Crippen LogP contribution in [0.4, 0.5) is 0 Å². The summed E-state index contributed by atoms with van der Waals surface area (Å²) < 4.78 is 2.17. The molecule has 0 fully saturated rings. The van der Waals surface area contributed by atoms with Crippen molar-refractivity contribution in [3.63, 3.8) is 0 Å². The summed E-state index contributed by atoms with van der Waals surface area (Å²) in [4.78, 5) is 4.46. The van der Waals surface area contributed by atoms with Crippen LogP contribution in [0.3, 0.4) is 0 Å². The molecule has 100 valence electrons. The molecule has 0 aliphatic heterocycles. The van der Waals surface area contributed by atoms with Crippen LogP contribution < -0.4 is 5.32 Å². The highest BCUT2D eigenvalue weighted by Gasteiger charge is 2.22. The standard InChI is InChI=1S/C15H16Br2N2/c1-10(14-5-3-4-8-19-14)15(18-2)12-7-6-11(16)9-13(12)17/h3-10,15,18H,1-2H3. The van der Waals surface area contributed by atoms with Gasteiger partial charge in [0.15, 0.2) is 0 Å². The first-order valence-corrected chi connectivity index (χ1v) is 7.75. The van der Waals surface area contributed by atoms with E-state index < -0.39 is 0 Å². The number of aromatic nitrogens is 1. The van der Waals surface area contributed by atoms with Crippen LogP contribution in [0.25, 0.3) is 0 Å². The number of rotatable bonds is 4. The summed E-state index contributed by atoms with van der Waals surface area (Å²) >= 11 is 7.13. The quantitative estimate of drug-likeness (QED) is 0.829. The zero-order valence-electron chi connectivity index (χ0n) is 10.9. The number of benzene rings is 1. The SMILES string of the molecule is CNC(c1ccc(Br)cc1Br)C(C)c1ccccn1. The van der Waals surface area contributed by atoms with Gasteiger partial charge in [-0.15, -0.1) is 0 Å². The van der Waals surface area contributed by atoms with E-state index in [0.29, 0.717) is 5.92 Å². The Bertz CT molecular complexity index is 543. The minimum absolute atomic E-state index is 0.220. The van der Waals surface area contributed by atoms with Gasteiger partial charge in [-0.3, -0.25) is 4.98 Å². The predicted octanol–water partition coefficient (Wildman–Crippen LogP) is 4.67. The van der Waals surface area contributed by atoms with Gasteiger partial charge in [-0.05, 0) is 36.9 Å². The number of likely N-dealkylation sites (N-methyl/N-ethyl adjacent to an activating group) is 1. The molecule has 1 N–H and O–H groups in total. The molecule has 2 rings (SSSR count). The molecule has 2 aromatic rings. The lowest BCUT2D eigenvalue weighted by atomic mass is 9.91. The zero-order chi connectivity index (χ0) is 13.8. The molecule has 2 atom stereocenters. The molecule has 0 aliphatic carbocycles. The molecule has 19 heavy (non-hydrogen) atoms. The smallest absolute Gasteiger partial charge is 0.0450 e. The Hall–Kier alpha value is -0.710. The van der Waals surface area contributed by atoms with Crippen molar-refractivity contribution >= 4 is 31.9 Å². The highest BCUT2D eigenvalue weighted by molar-refractivity contribution is 9.11. The summed E-state index contributed by atoms with van der Waals surface area (Å²) in [5.74, 6) is 0.295. The van der Waals surface area contributed by atoms with Crippen LogP contribution in [0.1, 0.15) is 30.1 Å². The topological polar surface area (TPSA) is 24.9 Å².